The fraction of sp³-hybridized carbons (Fsp3) is 0.333. The molecule has 0 bridgehead atoms. The number of aromatic nitrogens is 3. The number of hydrogen-bond donors (Lipinski definition) is 2. The molecule has 0 atom stereocenters. The maximum Gasteiger partial charge on any atom is 0.269 e. The molecule has 0 saturated heterocycles. The molecule has 2 N–H and O–H groups in total. The Hall–Kier alpha value is -2.44. The second kappa shape index (κ2) is 5.94. The SMILES string of the molecule is Cc1cc([N+](=O)[O-])ccc1NCCCc1ncn[nH]1. The van der Waals surface area contributed by atoms with Gasteiger partial charge >= 0.3 is 0 Å². The minimum atomic E-state index is -0.388. The molecule has 0 fully saturated rings. The van der Waals surface area contributed by atoms with Crippen LogP contribution in [0, 0.1) is 17.0 Å². The van der Waals surface area contributed by atoms with Crippen molar-refractivity contribution in [1.29, 1.82) is 0 Å². The molecular weight excluding hydrogens is 246 g/mol. The standard InChI is InChI=1S/C12H15N5O2/c1-9-7-10(17(18)19)4-5-11(9)13-6-2-3-12-14-8-15-16-12/h4-5,7-8,13H,2-3,6H2,1H3,(H,14,15,16). The maximum atomic E-state index is 10.6. The number of non-ortho nitro benzene ring substituents is 1. The zero-order chi connectivity index (χ0) is 13.7. The van der Waals surface area contributed by atoms with Gasteiger partial charge in [0.1, 0.15) is 12.2 Å². The van der Waals surface area contributed by atoms with Crippen molar-refractivity contribution in [2.24, 2.45) is 0 Å². The maximum absolute atomic E-state index is 10.6. The lowest BCUT2D eigenvalue weighted by Gasteiger charge is -2.08. The van der Waals surface area contributed by atoms with Gasteiger partial charge in [-0.2, -0.15) is 5.10 Å². The Kier molecular flexibility index (Phi) is 4.07. The van der Waals surface area contributed by atoms with E-state index in [9.17, 15) is 10.1 Å². The summed E-state index contributed by atoms with van der Waals surface area (Å²) in [5, 5.41) is 20.5. The molecule has 0 saturated carbocycles. The summed E-state index contributed by atoms with van der Waals surface area (Å²) in [7, 11) is 0. The fourth-order valence-corrected chi connectivity index (χ4v) is 1.79. The van der Waals surface area contributed by atoms with Crippen molar-refractivity contribution >= 4 is 11.4 Å². The van der Waals surface area contributed by atoms with Gasteiger partial charge in [-0.05, 0) is 25.0 Å². The highest BCUT2D eigenvalue weighted by Gasteiger charge is 2.07. The molecule has 1 aromatic carbocycles. The molecule has 7 heteroatoms. The van der Waals surface area contributed by atoms with Gasteiger partial charge in [0, 0.05) is 30.8 Å². The molecule has 1 heterocycles. The van der Waals surface area contributed by atoms with Gasteiger partial charge in [0.2, 0.25) is 0 Å². The van der Waals surface area contributed by atoms with Crippen LogP contribution in [0.2, 0.25) is 0 Å². The lowest BCUT2D eigenvalue weighted by molar-refractivity contribution is -0.384. The number of benzene rings is 1. The second-order valence-corrected chi connectivity index (χ2v) is 4.22. The summed E-state index contributed by atoms with van der Waals surface area (Å²) in [6, 6.07) is 4.81. The highest BCUT2D eigenvalue weighted by molar-refractivity contribution is 5.55. The van der Waals surface area contributed by atoms with Crippen LogP contribution in [0.15, 0.2) is 24.5 Å². The molecule has 2 aromatic rings. The van der Waals surface area contributed by atoms with E-state index >= 15 is 0 Å². The summed E-state index contributed by atoms with van der Waals surface area (Å²) in [5.74, 6) is 0.863. The van der Waals surface area contributed by atoms with Crippen molar-refractivity contribution in [3.8, 4) is 0 Å². The number of nitro groups is 1. The van der Waals surface area contributed by atoms with Crippen molar-refractivity contribution in [2.45, 2.75) is 19.8 Å². The third kappa shape index (κ3) is 3.51. The monoisotopic (exact) mass is 261 g/mol. The molecule has 0 radical (unpaired) electrons. The first-order chi connectivity index (χ1) is 9.16. The van der Waals surface area contributed by atoms with E-state index in [4.69, 9.17) is 0 Å². The number of rotatable bonds is 6. The van der Waals surface area contributed by atoms with Crippen molar-refractivity contribution in [1.82, 2.24) is 15.2 Å². The predicted octanol–water partition coefficient (Wildman–Crippen LogP) is 2.07. The van der Waals surface area contributed by atoms with Crippen molar-refractivity contribution in [3.63, 3.8) is 0 Å². The molecule has 0 spiro atoms. The zero-order valence-electron chi connectivity index (χ0n) is 10.6. The largest absolute Gasteiger partial charge is 0.385 e. The Labute approximate surface area is 110 Å². The van der Waals surface area contributed by atoms with Crippen LogP contribution in [0.3, 0.4) is 0 Å². The average molecular weight is 261 g/mol. The first kappa shape index (κ1) is 13.0. The number of hydrogen-bond acceptors (Lipinski definition) is 5. The van der Waals surface area contributed by atoms with E-state index in [1.807, 2.05) is 6.92 Å². The van der Waals surface area contributed by atoms with E-state index in [1.54, 1.807) is 12.1 Å². The summed E-state index contributed by atoms with van der Waals surface area (Å²) in [4.78, 5) is 14.3. The van der Waals surface area contributed by atoms with Crippen LogP contribution >= 0.6 is 0 Å². The Morgan fingerprint density at radius 2 is 2.32 bits per heavy atom. The van der Waals surface area contributed by atoms with Crippen LogP contribution in [0.5, 0.6) is 0 Å². The van der Waals surface area contributed by atoms with Gasteiger partial charge in [-0.25, -0.2) is 4.98 Å². The summed E-state index contributed by atoms with van der Waals surface area (Å²) in [6.45, 7) is 2.63. The molecule has 7 nitrogen and oxygen atoms in total. The number of H-pyrrole nitrogens is 1. The molecule has 0 unspecified atom stereocenters. The molecule has 19 heavy (non-hydrogen) atoms. The quantitative estimate of drug-likeness (QED) is 0.471. The molecular formula is C12H15N5O2. The summed E-state index contributed by atoms with van der Waals surface area (Å²) in [6.07, 6.45) is 3.22. The number of anilines is 1. The molecule has 0 aliphatic rings. The van der Waals surface area contributed by atoms with E-state index in [0.717, 1.165) is 36.5 Å². The van der Waals surface area contributed by atoms with Gasteiger partial charge in [0.15, 0.2) is 0 Å². The van der Waals surface area contributed by atoms with Crippen LogP contribution in [-0.4, -0.2) is 26.6 Å². The topological polar surface area (TPSA) is 96.7 Å². The average Bonchev–Trinajstić information content (AvgIpc) is 2.89. The second-order valence-electron chi connectivity index (χ2n) is 4.22. The Balaban J connectivity index is 1.84. The van der Waals surface area contributed by atoms with Gasteiger partial charge in [-0.15, -0.1) is 0 Å². The predicted molar refractivity (Wildman–Crippen MR) is 71.0 cm³/mol. The summed E-state index contributed by atoms with van der Waals surface area (Å²) in [5.41, 5.74) is 1.90. The van der Waals surface area contributed by atoms with E-state index in [0.29, 0.717) is 0 Å². The minimum Gasteiger partial charge on any atom is -0.385 e. The van der Waals surface area contributed by atoms with Gasteiger partial charge in [0.05, 0.1) is 4.92 Å². The normalized spacial score (nSPS) is 10.4. The summed E-state index contributed by atoms with van der Waals surface area (Å²) >= 11 is 0. The third-order valence-electron chi connectivity index (χ3n) is 2.79. The smallest absolute Gasteiger partial charge is 0.269 e. The lowest BCUT2D eigenvalue weighted by atomic mass is 10.1. The van der Waals surface area contributed by atoms with Crippen molar-refractivity contribution in [3.05, 3.63) is 46.0 Å². The number of nitrogens with one attached hydrogen (secondary N) is 2. The molecule has 2 rings (SSSR count). The van der Waals surface area contributed by atoms with Crippen LogP contribution < -0.4 is 5.32 Å². The zero-order valence-corrected chi connectivity index (χ0v) is 10.6. The van der Waals surface area contributed by atoms with Crippen LogP contribution in [0.4, 0.5) is 11.4 Å². The minimum absolute atomic E-state index is 0.115. The Bertz CT molecular complexity index is 553. The first-order valence-electron chi connectivity index (χ1n) is 6.00. The highest BCUT2D eigenvalue weighted by Crippen LogP contribution is 2.21. The van der Waals surface area contributed by atoms with Crippen molar-refractivity contribution < 1.29 is 4.92 Å². The van der Waals surface area contributed by atoms with E-state index < -0.39 is 0 Å². The van der Waals surface area contributed by atoms with Gasteiger partial charge in [0.25, 0.3) is 5.69 Å². The van der Waals surface area contributed by atoms with Crippen LogP contribution in [0.25, 0.3) is 0 Å². The molecule has 1 aromatic heterocycles. The molecule has 0 aliphatic carbocycles. The van der Waals surface area contributed by atoms with Gasteiger partial charge in [-0.3, -0.25) is 15.2 Å². The van der Waals surface area contributed by atoms with Crippen LogP contribution in [0.1, 0.15) is 17.8 Å². The van der Waals surface area contributed by atoms with E-state index in [1.165, 1.54) is 12.4 Å². The summed E-state index contributed by atoms with van der Waals surface area (Å²) < 4.78 is 0. The number of aromatic amines is 1. The molecule has 100 valence electrons. The third-order valence-corrected chi connectivity index (χ3v) is 2.79. The van der Waals surface area contributed by atoms with Crippen LogP contribution in [-0.2, 0) is 6.42 Å². The molecule has 0 amide bonds. The number of aryl methyl sites for hydroxylation is 2. The number of nitro benzene ring substituents is 1. The fourth-order valence-electron chi connectivity index (χ4n) is 1.79. The van der Waals surface area contributed by atoms with E-state index in [-0.39, 0.29) is 10.6 Å². The van der Waals surface area contributed by atoms with E-state index in [2.05, 4.69) is 20.5 Å². The molecule has 0 aliphatic heterocycles. The van der Waals surface area contributed by atoms with Gasteiger partial charge < -0.3 is 5.32 Å². The Morgan fingerprint density at radius 1 is 1.47 bits per heavy atom. The lowest BCUT2D eigenvalue weighted by Crippen LogP contribution is -2.05. The number of nitrogens with zero attached hydrogens (tertiary/aromatic N) is 3. The van der Waals surface area contributed by atoms with Gasteiger partial charge in [-0.1, -0.05) is 0 Å². The first-order valence-corrected chi connectivity index (χ1v) is 6.00. The van der Waals surface area contributed by atoms with Crippen molar-refractivity contribution in [2.75, 3.05) is 11.9 Å². The highest BCUT2D eigenvalue weighted by atomic mass is 16.6. The Morgan fingerprint density at radius 3 is 2.95 bits per heavy atom.